The molecule has 0 fully saturated rings. The molecule has 109 valence electrons. The van der Waals surface area contributed by atoms with Crippen molar-refractivity contribution < 1.29 is 26.7 Å². The van der Waals surface area contributed by atoms with Gasteiger partial charge < -0.3 is 10.0 Å². The number of rotatable bonds is 8. The smallest absolute Gasteiger partial charge is 0.335 e. The van der Waals surface area contributed by atoms with Crippen LogP contribution in [0.4, 0.5) is 5.69 Å². The minimum atomic E-state index is -0.866. The maximum absolute atomic E-state index is 10.8. The van der Waals surface area contributed by atoms with Gasteiger partial charge in [-0.15, -0.1) is 0 Å². The van der Waals surface area contributed by atoms with Gasteiger partial charge in [0.05, 0.1) is 5.56 Å². The van der Waals surface area contributed by atoms with Crippen molar-refractivity contribution >= 4 is 11.7 Å². The molecular weight excluding hydrogens is 285 g/mol. The zero-order valence-corrected chi connectivity index (χ0v) is 12.7. The SMILES string of the molecule is CCCCN(CCCC)c1ccc(C(=O)O)cc1.[Co]. The third kappa shape index (κ3) is 6.12. The van der Waals surface area contributed by atoms with E-state index in [1.165, 1.54) is 25.7 Å². The molecule has 0 bridgehead atoms. The van der Waals surface area contributed by atoms with Gasteiger partial charge in [0.25, 0.3) is 0 Å². The van der Waals surface area contributed by atoms with Crippen LogP contribution in [0, 0.1) is 0 Å². The maximum Gasteiger partial charge on any atom is 0.335 e. The first-order valence-electron chi connectivity index (χ1n) is 6.77. The second-order valence-corrected chi connectivity index (χ2v) is 4.55. The number of hydrogen-bond donors (Lipinski definition) is 1. The molecule has 0 aromatic heterocycles. The molecule has 0 atom stereocenters. The van der Waals surface area contributed by atoms with Gasteiger partial charge in [-0.3, -0.25) is 0 Å². The van der Waals surface area contributed by atoms with Crippen LogP contribution in [-0.4, -0.2) is 24.2 Å². The molecule has 0 amide bonds. The van der Waals surface area contributed by atoms with Gasteiger partial charge >= 0.3 is 5.97 Å². The van der Waals surface area contributed by atoms with Crippen LogP contribution in [0.2, 0.25) is 0 Å². The topological polar surface area (TPSA) is 40.5 Å². The number of nitrogens with zero attached hydrogens (tertiary/aromatic N) is 1. The summed E-state index contributed by atoms with van der Waals surface area (Å²) in [4.78, 5) is 13.2. The van der Waals surface area contributed by atoms with E-state index in [1.54, 1.807) is 12.1 Å². The van der Waals surface area contributed by atoms with Crippen molar-refractivity contribution in [3.63, 3.8) is 0 Å². The molecule has 0 aliphatic carbocycles. The average molecular weight is 308 g/mol. The molecule has 0 spiro atoms. The Morgan fingerprint density at radius 2 is 1.53 bits per heavy atom. The van der Waals surface area contributed by atoms with Crippen LogP contribution in [0.5, 0.6) is 0 Å². The normalized spacial score (nSPS) is 9.79. The third-order valence-corrected chi connectivity index (χ3v) is 3.04. The summed E-state index contributed by atoms with van der Waals surface area (Å²) >= 11 is 0. The van der Waals surface area contributed by atoms with Crippen LogP contribution in [0.1, 0.15) is 49.9 Å². The van der Waals surface area contributed by atoms with Gasteiger partial charge in [0.1, 0.15) is 0 Å². The van der Waals surface area contributed by atoms with Gasteiger partial charge in [-0.05, 0) is 37.1 Å². The van der Waals surface area contributed by atoms with Gasteiger partial charge in [-0.1, -0.05) is 26.7 Å². The molecule has 0 aliphatic heterocycles. The van der Waals surface area contributed by atoms with Crippen molar-refractivity contribution in [2.75, 3.05) is 18.0 Å². The number of carboxylic acids is 1. The zero-order valence-electron chi connectivity index (χ0n) is 11.7. The Labute approximate surface area is 126 Å². The molecule has 1 aromatic rings. The Morgan fingerprint density at radius 3 is 1.89 bits per heavy atom. The van der Waals surface area contributed by atoms with E-state index < -0.39 is 5.97 Å². The molecular formula is C15H23CoNO2. The number of aromatic carboxylic acids is 1. The summed E-state index contributed by atoms with van der Waals surface area (Å²) in [5.41, 5.74) is 1.48. The minimum Gasteiger partial charge on any atom is -0.478 e. The first-order valence-corrected chi connectivity index (χ1v) is 6.77. The standard InChI is InChI=1S/C15H23NO2.Co/c1-3-5-11-16(12-6-4-2)14-9-7-13(8-10-14)15(17)18;/h7-10H,3-6,11-12H2,1-2H3,(H,17,18);. The molecule has 0 saturated carbocycles. The number of hydrogen-bond acceptors (Lipinski definition) is 2. The van der Waals surface area contributed by atoms with E-state index in [1.807, 2.05) is 12.1 Å². The third-order valence-electron chi connectivity index (χ3n) is 3.04. The molecule has 0 saturated heterocycles. The summed E-state index contributed by atoms with van der Waals surface area (Å²) in [6.45, 7) is 6.46. The molecule has 19 heavy (non-hydrogen) atoms. The first-order chi connectivity index (χ1) is 8.69. The van der Waals surface area contributed by atoms with Crippen LogP contribution in [0.25, 0.3) is 0 Å². The van der Waals surface area contributed by atoms with E-state index in [4.69, 9.17) is 5.11 Å². The molecule has 3 nitrogen and oxygen atoms in total. The summed E-state index contributed by atoms with van der Waals surface area (Å²) < 4.78 is 0. The molecule has 1 N–H and O–H groups in total. The summed E-state index contributed by atoms with van der Waals surface area (Å²) in [5, 5.41) is 8.88. The first kappa shape index (κ1) is 18.0. The van der Waals surface area contributed by atoms with Gasteiger partial charge in [0.15, 0.2) is 0 Å². The van der Waals surface area contributed by atoms with Gasteiger partial charge in [0.2, 0.25) is 0 Å². The van der Waals surface area contributed by atoms with Crippen molar-refractivity contribution in [2.45, 2.75) is 39.5 Å². The second kappa shape index (κ2) is 9.87. The Hall–Kier alpha value is -1.00. The monoisotopic (exact) mass is 308 g/mol. The molecule has 0 aliphatic rings. The van der Waals surface area contributed by atoms with E-state index in [0.29, 0.717) is 5.56 Å². The minimum absolute atomic E-state index is 0. The molecule has 0 unspecified atom stereocenters. The fourth-order valence-corrected chi connectivity index (χ4v) is 1.88. The van der Waals surface area contributed by atoms with E-state index in [-0.39, 0.29) is 16.8 Å². The molecule has 4 heteroatoms. The van der Waals surface area contributed by atoms with Crippen molar-refractivity contribution in [1.29, 1.82) is 0 Å². The maximum atomic E-state index is 10.8. The molecule has 1 radical (unpaired) electrons. The number of carbonyl (C=O) groups is 1. The van der Waals surface area contributed by atoms with Gasteiger partial charge in [-0.25, -0.2) is 4.79 Å². The summed E-state index contributed by atoms with van der Waals surface area (Å²) in [6.07, 6.45) is 4.69. The number of unbranched alkanes of at least 4 members (excludes halogenated alkanes) is 2. The quantitative estimate of drug-likeness (QED) is 0.794. The Kier molecular flexibility index (Phi) is 9.34. The Bertz CT molecular complexity index is 357. The van der Waals surface area contributed by atoms with Gasteiger partial charge in [-0.2, -0.15) is 0 Å². The van der Waals surface area contributed by atoms with Crippen molar-refractivity contribution in [2.24, 2.45) is 0 Å². The van der Waals surface area contributed by atoms with Crippen LogP contribution in [0.15, 0.2) is 24.3 Å². The fourth-order valence-electron chi connectivity index (χ4n) is 1.88. The van der Waals surface area contributed by atoms with E-state index in [0.717, 1.165) is 18.8 Å². The van der Waals surface area contributed by atoms with Crippen LogP contribution < -0.4 is 4.90 Å². The summed E-state index contributed by atoms with van der Waals surface area (Å²) in [5.74, 6) is -0.866. The Morgan fingerprint density at radius 1 is 1.05 bits per heavy atom. The predicted molar refractivity (Wildman–Crippen MR) is 75.4 cm³/mol. The largest absolute Gasteiger partial charge is 0.478 e. The summed E-state index contributed by atoms with van der Waals surface area (Å²) in [7, 11) is 0. The van der Waals surface area contributed by atoms with E-state index in [9.17, 15) is 4.79 Å². The fraction of sp³-hybridized carbons (Fsp3) is 0.533. The zero-order chi connectivity index (χ0) is 13.4. The van der Waals surface area contributed by atoms with Crippen LogP contribution in [-0.2, 0) is 16.8 Å². The van der Waals surface area contributed by atoms with Crippen molar-refractivity contribution in [3.05, 3.63) is 29.8 Å². The second-order valence-electron chi connectivity index (χ2n) is 4.55. The van der Waals surface area contributed by atoms with Crippen molar-refractivity contribution in [3.8, 4) is 0 Å². The van der Waals surface area contributed by atoms with Crippen LogP contribution >= 0.6 is 0 Å². The number of carboxylic acid groups (broad SMARTS) is 1. The molecule has 1 aromatic carbocycles. The average Bonchev–Trinajstić information content (AvgIpc) is 2.39. The molecule has 0 heterocycles. The number of benzene rings is 1. The predicted octanol–water partition coefficient (Wildman–Crippen LogP) is 3.79. The molecule has 1 rings (SSSR count). The van der Waals surface area contributed by atoms with Gasteiger partial charge in [0, 0.05) is 35.6 Å². The van der Waals surface area contributed by atoms with E-state index >= 15 is 0 Å². The summed E-state index contributed by atoms with van der Waals surface area (Å²) in [6, 6.07) is 7.19. The van der Waals surface area contributed by atoms with E-state index in [2.05, 4.69) is 18.7 Å². The number of anilines is 1. The Balaban J connectivity index is 0.00000324. The van der Waals surface area contributed by atoms with Crippen molar-refractivity contribution in [1.82, 2.24) is 0 Å². The van der Waals surface area contributed by atoms with Crippen LogP contribution in [0.3, 0.4) is 0 Å².